The number of esters is 1. The summed E-state index contributed by atoms with van der Waals surface area (Å²) in [7, 11) is 1.38. The van der Waals surface area contributed by atoms with E-state index in [9.17, 15) is 4.79 Å². The normalized spacial score (nSPS) is 12.0. The summed E-state index contributed by atoms with van der Waals surface area (Å²) in [4.78, 5) is 20.9. The van der Waals surface area contributed by atoms with Crippen molar-refractivity contribution in [2.75, 3.05) is 25.5 Å². The number of aryl methyl sites for hydroxylation is 1. The maximum Gasteiger partial charge on any atom is 0.307 e. The molecule has 4 rings (SSSR count). The fourth-order valence-electron chi connectivity index (χ4n) is 3.47. The monoisotopic (exact) mass is 389 g/mol. The highest BCUT2D eigenvalue weighted by Crippen LogP contribution is 2.32. The number of hydrogen-bond donors (Lipinski definition) is 1. The molecule has 0 fully saturated rings. The van der Waals surface area contributed by atoms with E-state index in [4.69, 9.17) is 14.1 Å². The number of anilines is 1. The van der Waals surface area contributed by atoms with Crippen LogP contribution in [0.4, 0.5) is 5.69 Å². The minimum absolute atomic E-state index is 0.237. The van der Waals surface area contributed by atoms with E-state index in [1.807, 2.05) is 42.5 Å². The van der Waals surface area contributed by atoms with E-state index in [1.165, 1.54) is 7.11 Å². The summed E-state index contributed by atoms with van der Waals surface area (Å²) in [6.07, 6.45) is 0.237. The number of nitrogens with one attached hydrogen (secondary N) is 1. The van der Waals surface area contributed by atoms with Crippen LogP contribution in [-0.2, 0) is 9.53 Å². The highest BCUT2D eigenvalue weighted by molar-refractivity contribution is 5.96. The first kappa shape index (κ1) is 18.9. The van der Waals surface area contributed by atoms with Crippen LogP contribution in [0.15, 0.2) is 51.9 Å². The number of carbonyl (C=O) groups excluding carboxylic acids is 1. The van der Waals surface area contributed by atoms with Crippen LogP contribution in [-0.4, -0.2) is 31.2 Å². The number of aromatic nitrogens is 1. The molecule has 0 amide bonds. The van der Waals surface area contributed by atoms with E-state index in [1.54, 1.807) is 0 Å². The van der Waals surface area contributed by atoms with E-state index in [-0.39, 0.29) is 12.4 Å². The molecule has 1 N–H and O–H groups in total. The Balaban J connectivity index is 1.94. The summed E-state index contributed by atoms with van der Waals surface area (Å²) in [6, 6.07) is 13.9. The Morgan fingerprint density at radius 2 is 2.00 bits per heavy atom. The lowest BCUT2D eigenvalue weighted by Gasteiger charge is -2.13. The second-order valence-corrected chi connectivity index (χ2v) is 6.87. The van der Waals surface area contributed by atoms with E-state index in [0.717, 1.165) is 50.7 Å². The predicted molar refractivity (Wildman–Crippen MR) is 114 cm³/mol. The maximum absolute atomic E-state index is 11.4. The summed E-state index contributed by atoms with van der Waals surface area (Å²) in [5.41, 5.74) is 4.50. The van der Waals surface area contributed by atoms with Gasteiger partial charge in [0.15, 0.2) is 11.3 Å². The molecule has 1 aliphatic carbocycles. The highest BCUT2D eigenvalue weighted by Gasteiger charge is 2.15. The number of ether oxygens (including phenoxy) is 1. The fourth-order valence-corrected chi connectivity index (χ4v) is 3.47. The number of rotatable bonds is 5. The van der Waals surface area contributed by atoms with Crippen molar-refractivity contribution in [3.8, 4) is 11.5 Å². The smallest absolute Gasteiger partial charge is 0.307 e. The van der Waals surface area contributed by atoms with Gasteiger partial charge in [0, 0.05) is 35.1 Å². The van der Waals surface area contributed by atoms with Crippen molar-refractivity contribution in [2.45, 2.75) is 20.3 Å². The van der Waals surface area contributed by atoms with Crippen molar-refractivity contribution >= 4 is 33.5 Å². The van der Waals surface area contributed by atoms with Crippen LogP contribution in [0.5, 0.6) is 0 Å². The Morgan fingerprint density at radius 3 is 2.76 bits per heavy atom. The zero-order valence-electron chi connectivity index (χ0n) is 16.8. The van der Waals surface area contributed by atoms with Gasteiger partial charge < -0.3 is 14.5 Å². The zero-order valence-corrected chi connectivity index (χ0v) is 16.8. The lowest BCUT2D eigenvalue weighted by Crippen LogP contribution is -2.09. The number of nitrogens with zero attached hydrogens (tertiary/aromatic N) is 2. The molecule has 0 unspecified atom stereocenters. The second kappa shape index (κ2) is 7.91. The first-order chi connectivity index (χ1) is 14.1. The number of carbonyl (C=O) groups is 1. The third-order valence-corrected chi connectivity index (χ3v) is 4.91. The molecule has 2 aromatic rings. The van der Waals surface area contributed by atoms with Crippen molar-refractivity contribution < 1.29 is 13.9 Å². The molecular weight excluding hydrogens is 366 g/mol. The van der Waals surface area contributed by atoms with E-state index in [2.05, 4.69) is 24.2 Å². The second-order valence-electron chi connectivity index (χ2n) is 6.87. The molecular formula is C23H23N3O3. The van der Waals surface area contributed by atoms with Crippen LogP contribution >= 0.6 is 0 Å². The molecule has 29 heavy (non-hydrogen) atoms. The van der Waals surface area contributed by atoms with E-state index >= 15 is 0 Å². The Labute approximate surface area is 168 Å². The fraction of sp³-hybridized carbons (Fsp3) is 0.261. The third-order valence-electron chi connectivity index (χ3n) is 4.91. The van der Waals surface area contributed by atoms with Gasteiger partial charge in [-0.1, -0.05) is 24.3 Å². The van der Waals surface area contributed by atoms with Gasteiger partial charge in [0.1, 0.15) is 11.2 Å². The Bertz CT molecular complexity index is 1240. The molecule has 6 nitrogen and oxygen atoms in total. The molecule has 148 valence electrons. The highest BCUT2D eigenvalue weighted by atomic mass is 16.5. The number of methoxy groups -OCH3 is 1. The SMILES string of the molecule is CCNc1cc2oc3cc(=NCCC(=O)OC)c4ccccc4c-3nc2cc1C. The Morgan fingerprint density at radius 1 is 1.21 bits per heavy atom. The summed E-state index contributed by atoms with van der Waals surface area (Å²) in [6.45, 7) is 5.31. The molecule has 6 heteroatoms. The van der Waals surface area contributed by atoms with Gasteiger partial charge in [0.25, 0.3) is 0 Å². The van der Waals surface area contributed by atoms with Gasteiger partial charge >= 0.3 is 5.97 Å². The average molecular weight is 389 g/mol. The Hall–Kier alpha value is -3.41. The van der Waals surface area contributed by atoms with Crippen molar-refractivity contribution in [1.82, 2.24) is 4.98 Å². The van der Waals surface area contributed by atoms with Crippen molar-refractivity contribution in [3.63, 3.8) is 0 Å². The summed E-state index contributed by atoms with van der Waals surface area (Å²) in [5.74, 6) is 0.391. The van der Waals surface area contributed by atoms with Gasteiger partial charge in [-0.3, -0.25) is 9.79 Å². The largest absolute Gasteiger partial charge is 0.469 e. The quantitative estimate of drug-likeness (QED) is 0.313. The minimum atomic E-state index is -0.275. The van der Waals surface area contributed by atoms with Gasteiger partial charge in [0.05, 0.1) is 25.4 Å². The van der Waals surface area contributed by atoms with Gasteiger partial charge in [0.2, 0.25) is 0 Å². The number of hydrogen-bond acceptors (Lipinski definition) is 6. The molecule has 2 aliphatic rings. The molecule has 1 heterocycles. The molecule has 0 saturated heterocycles. The van der Waals surface area contributed by atoms with Crippen molar-refractivity contribution in [3.05, 3.63) is 53.4 Å². The molecule has 0 aromatic heterocycles. The zero-order chi connectivity index (χ0) is 20.4. The Kier molecular flexibility index (Phi) is 5.16. The molecule has 0 saturated carbocycles. The number of fused-ring (bicyclic) bond motifs is 4. The van der Waals surface area contributed by atoms with Crippen LogP contribution in [0.1, 0.15) is 18.9 Å². The van der Waals surface area contributed by atoms with Gasteiger partial charge in [-0.25, -0.2) is 4.98 Å². The third kappa shape index (κ3) is 3.66. The summed E-state index contributed by atoms with van der Waals surface area (Å²) >= 11 is 0. The summed E-state index contributed by atoms with van der Waals surface area (Å²) < 4.78 is 10.9. The van der Waals surface area contributed by atoms with Crippen LogP contribution < -0.4 is 10.7 Å². The summed E-state index contributed by atoms with van der Waals surface area (Å²) in [5, 5.41) is 6.08. The van der Waals surface area contributed by atoms with Gasteiger partial charge in [-0.15, -0.1) is 0 Å². The first-order valence-electron chi connectivity index (χ1n) is 9.69. The van der Waals surface area contributed by atoms with Crippen molar-refractivity contribution in [2.24, 2.45) is 4.99 Å². The molecule has 1 aliphatic heterocycles. The van der Waals surface area contributed by atoms with Gasteiger partial charge in [-0.05, 0) is 25.5 Å². The standard InChI is InChI=1S/C23H23N3O3/c1-4-24-17-12-20-19(11-14(17)2)26-23-16-8-6-5-7-15(16)18(13-21(23)29-20)25-10-9-22(27)28-3/h5-8,11-13,24H,4,9-10H2,1-3H3. The van der Waals surface area contributed by atoms with Crippen LogP contribution in [0.25, 0.3) is 33.3 Å². The van der Waals surface area contributed by atoms with Crippen LogP contribution in [0.2, 0.25) is 0 Å². The van der Waals surface area contributed by atoms with Crippen LogP contribution in [0.3, 0.4) is 0 Å². The van der Waals surface area contributed by atoms with Crippen LogP contribution in [0, 0.1) is 6.92 Å². The lowest BCUT2D eigenvalue weighted by molar-refractivity contribution is -0.140. The molecule has 2 aromatic carbocycles. The maximum atomic E-state index is 11.4. The number of benzene rings is 3. The van der Waals surface area contributed by atoms with E-state index in [0.29, 0.717) is 12.3 Å². The lowest BCUT2D eigenvalue weighted by atomic mass is 10.0. The topological polar surface area (TPSA) is 76.7 Å². The average Bonchev–Trinajstić information content (AvgIpc) is 2.73. The molecule has 0 spiro atoms. The molecule has 0 radical (unpaired) electrons. The van der Waals surface area contributed by atoms with Gasteiger partial charge in [-0.2, -0.15) is 0 Å². The predicted octanol–water partition coefficient (Wildman–Crippen LogP) is 4.29. The first-order valence-corrected chi connectivity index (χ1v) is 9.69. The van der Waals surface area contributed by atoms with E-state index < -0.39 is 0 Å². The molecule has 0 atom stereocenters. The minimum Gasteiger partial charge on any atom is -0.469 e. The van der Waals surface area contributed by atoms with Crippen molar-refractivity contribution in [1.29, 1.82) is 0 Å². The molecule has 0 bridgehead atoms.